The summed E-state index contributed by atoms with van der Waals surface area (Å²) in [4.78, 5) is 0. The highest BCUT2D eigenvalue weighted by Crippen LogP contribution is 1.99. The first-order valence-electron chi connectivity index (χ1n) is 4.96. The maximum atomic E-state index is 5.19. The molecule has 0 saturated carbocycles. The van der Waals surface area contributed by atoms with Crippen LogP contribution in [0.5, 0.6) is 0 Å². The Kier molecular flexibility index (Phi) is 7.44. The number of hydrogen-bond acceptors (Lipinski definition) is 1. The molecule has 0 rings (SSSR count). The van der Waals surface area contributed by atoms with E-state index in [0.717, 1.165) is 31.8 Å². The third-order valence-electron chi connectivity index (χ3n) is 1.75. The Hall–Kier alpha value is -0.740. The summed E-state index contributed by atoms with van der Waals surface area (Å²) in [6, 6.07) is 0. The van der Waals surface area contributed by atoms with E-state index >= 15 is 0 Å². The van der Waals surface area contributed by atoms with E-state index in [1.807, 2.05) is 0 Å². The largest absolute Gasteiger partial charge is 0.316 e. The number of rotatable bonds is 6. The molecular weight excluding hydrogens is 158 g/mol. The van der Waals surface area contributed by atoms with Gasteiger partial charge in [-0.05, 0) is 32.4 Å². The predicted octanol–water partition coefficient (Wildman–Crippen LogP) is 2.59. The highest BCUT2D eigenvalue weighted by molar-refractivity contribution is 5.07. The lowest BCUT2D eigenvalue weighted by molar-refractivity contribution is 0.556. The van der Waals surface area contributed by atoms with Gasteiger partial charge in [-0.15, -0.1) is 12.3 Å². The fraction of sp³-hybridized carbons (Fsp3) is 0.667. The summed E-state index contributed by atoms with van der Waals surface area (Å²) in [5.41, 5.74) is 1.30. The Bertz CT molecular complexity index is 184. The Morgan fingerprint density at radius 1 is 1.54 bits per heavy atom. The van der Waals surface area contributed by atoms with Gasteiger partial charge in [0.05, 0.1) is 0 Å². The van der Waals surface area contributed by atoms with Gasteiger partial charge in [-0.25, -0.2) is 0 Å². The van der Waals surface area contributed by atoms with Crippen LogP contribution < -0.4 is 5.32 Å². The standard InChI is InChI=1S/C12H21N/c1-5-7-12(4)8-6-9-13-10-11(2)3/h1,8,11,13H,6-7,9-10H2,2-4H3. The first-order chi connectivity index (χ1) is 6.16. The summed E-state index contributed by atoms with van der Waals surface area (Å²) in [5, 5.41) is 3.39. The molecule has 0 aromatic heterocycles. The Morgan fingerprint density at radius 3 is 2.77 bits per heavy atom. The van der Waals surface area contributed by atoms with Gasteiger partial charge in [0.25, 0.3) is 0 Å². The average molecular weight is 179 g/mol. The zero-order valence-electron chi connectivity index (χ0n) is 9.06. The maximum absolute atomic E-state index is 5.19. The zero-order chi connectivity index (χ0) is 10.1. The van der Waals surface area contributed by atoms with Gasteiger partial charge in [0, 0.05) is 6.42 Å². The number of terminal acetylenes is 1. The molecule has 1 nitrogen and oxygen atoms in total. The first kappa shape index (κ1) is 12.3. The maximum Gasteiger partial charge on any atom is 0.0293 e. The highest BCUT2D eigenvalue weighted by Gasteiger charge is 1.91. The molecule has 0 aliphatic carbocycles. The summed E-state index contributed by atoms with van der Waals surface area (Å²) < 4.78 is 0. The normalized spacial score (nSPS) is 11.8. The van der Waals surface area contributed by atoms with Gasteiger partial charge in [-0.1, -0.05) is 25.5 Å². The van der Waals surface area contributed by atoms with Gasteiger partial charge in [0.2, 0.25) is 0 Å². The summed E-state index contributed by atoms with van der Waals surface area (Å²) in [5.74, 6) is 3.37. The third kappa shape index (κ3) is 9.17. The van der Waals surface area contributed by atoms with Gasteiger partial charge in [-0.3, -0.25) is 0 Å². The molecule has 0 aromatic rings. The van der Waals surface area contributed by atoms with Crippen LogP contribution in [0.1, 0.15) is 33.6 Å². The molecule has 0 bridgehead atoms. The van der Waals surface area contributed by atoms with Crippen molar-refractivity contribution in [3.8, 4) is 12.3 Å². The predicted molar refractivity (Wildman–Crippen MR) is 59.5 cm³/mol. The third-order valence-corrected chi connectivity index (χ3v) is 1.75. The molecule has 0 unspecified atom stereocenters. The second kappa shape index (κ2) is 7.89. The molecule has 0 heterocycles. The van der Waals surface area contributed by atoms with Gasteiger partial charge >= 0.3 is 0 Å². The zero-order valence-corrected chi connectivity index (χ0v) is 9.06. The summed E-state index contributed by atoms with van der Waals surface area (Å²) >= 11 is 0. The van der Waals surface area contributed by atoms with Crippen LogP contribution in [0, 0.1) is 18.3 Å². The second-order valence-electron chi connectivity index (χ2n) is 3.82. The molecular formula is C12H21N. The lowest BCUT2D eigenvalue weighted by atomic mass is 10.2. The molecule has 1 N–H and O–H groups in total. The Labute approximate surface area is 82.6 Å². The van der Waals surface area contributed by atoms with Crippen LogP contribution in [0.15, 0.2) is 11.6 Å². The van der Waals surface area contributed by atoms with E-state index in [1.54, 1.807) is 0 Å². The van der Waals surface area contributed by atoms with E-state index in [2.05, 4.69) is 38.1 Å². The minimum Gasteiger partial charge on any atom is -0.316 e. The average Bonchev–Trinajstić information content (AvgIpc) is 2.03. The molecule has 0 radical (unpaired) electrons. The molecule has 0 saturated heterocycles. The summed E-state index contributed by atoms with van der Waals surface area (Å²) in [7, 11) is 0. The van der Waals surface area contributed by atoms with Crippen LogP contribution in [0.3, 0.4) is 0 Å². The number of allylic oxidation sites excluding steroid dienone is 1. The Morgan fingerprint density at radius 2 is 2.23 bits per heavy atom. The van der Waals surface area contributed by atoms with Crippen LogP contribution in [-0.2, 0) is 0 Å². The van der Waals surface area contributed by atoms with E-state index in [1.165, 1.54) is 5.57 Å². The first-order valence-corrected chi connectivity index (χ1v) is 4.96. The number of nitrogens with one attached hydrogen (secondary N) is 1. The lowest BCUT2D eigenvalue weighted by Crippen LogP contribution is -2.20. The summed E-state index contributed by atoms with van der Waals surface area (Å²) in [6.45, 7) is 8.67. The van der Waals surface area contributed by atoms with Crippen LogP contribution in [0.4, 0.5) is 0 Å². The molecule has 0 fully saturated rings. The van der Waals surface area contributed by atoms with E-state index < -0.39 is 0 Å². The smallest absolute Gasteiger partial charge is 0.0293 e. The van der Waals surface area contributed by atoms with Crippen molar-refractivity contribution in [2.24, 2.45) is 5.92 Å². The van der Waals surface area contributed by atoms with Gasteiger partial charge in [0.1, 0.15) is 0 Å². The minimum atomic E-state index is 0.732. The van der Waals surface area contributed by atoms with Crippen molar-refractivity contribution in [3.05, 3.63) is 11.6 Å². The van der Waals surface area contributed by atoms with Crippen LogP contribution in [0.2, 0.25) is 0 Å². The molecule has 0 aliphatic rings. The lowest BCUT2D eigenvalue weighted by Gasteiger charge is -2.05. The molecule has 0 amide bonds. The molecule has 0 spiro atoms. The van der Waals surface area contributed by atoms with E-state index in [0.29, 0.717) is 0 Å². The van der Waals surface area contributed by atoms with Gasteiger partial charge in [0.15, 0.2) is 0 Å². The monoisotopic (exact) mass is 179 g/mol. The molecule has 1 heteroatoms. The van der Waals surface area contributed by atoms with Crippen LogP contribution >= 0.6 is 0 Å². The van der Waals surface area contributed by atoms with E-state index in [9.17, 15) is 0 Å². The van der Waals surface area contributed by atoms with Crippen molar-refractivity contribution < 1.29 is 0 Å². The molecule has 13 heavy (non-hydrogen) atoms. The quantitative estimate of drug-likeness (QED) is 0.375. The summed E-state index contributed by atoms with van der Waals surface area (Å²) in [6.07, 6.45) is 9.27. The SMILES string of the molecule is C#CCC(C)=CCCNCC(C)C. The minimum absolute atomic E-state index is 0.732. The van der Waals surface area contributed by atoms with Crippen LogP contribution in [-0.4, -0.2) is 13.1 Å². The molecule has 0 atom stereocenters. The fourth-order valence-electron chi connectivity index (χ4n) is 1.04. The van der Waals surface area contributed by atoms with Gasteiger partial charge in [-0.2, -0.15) is 0 Å². The van der Waals surface area contributed by atoms with E-state index in [4.69, 9.17) is 6.42 Å². The van der Waals surface area contributed by atoms with Crippen molar-refractivity contribution in [3.63, 3.8) is 0 Å². The van der Waals surface area contributed by atoms with Crippen molar-refractivity contribution in [2.75, 3.05) is 13.1 Å². The Balaban J connectivity index is 3.34. The molecule has 0 aromatic carbocycles. The van der Waals surface area contributed by atoms with Crippen molar-refractivity contribution >= 4 is 0 Å². The van der Waals surface area contributed by atoms with E-state index in [-0.39, 0.29) is 0 Å². The topological polar surface area (TPSA) is 12.0 Å². The van der Waals surface area contributed by atoms with Crippen LogP contribution in [0.25, 0.3) is 0 Å². The highest BCUT2D eigenvalue weighted by atomic mass is 14.8. The molecule has 74 valence electrons. The number of hydrogen-bond donors (Lipinski definition) is 1. The van der Waals surface area contributed by atoms with Gasteiger partial charge < -0.3 is 5.32 Å². The van der Waals surface area contributed by atoms with Crippen molar-refractivity contribution in [1.82, 2.24) is 5.32 Å². The molecule has 0 aliphatic heterocycles. The van der Waals surface area contributed by atoms with Crippen molar-refractivity contribution in [2.45, 2.75) is 33.6 Å². The van der Waals surface area contributed by atoms with Crippen molar-refractivity contribution in [1.29, 1.82) is 0 Å². The second-order valence-corrected chi connectivity index (χ2v) is 3.82. The fourth-order valence-corrected chi connectivity index (χ4v) is 1.04.